The molecule has 3 aromatic carbocycles. The van der Waals surface area contributed by atoms with E-state index >= 15 is 0 Å². The third-order valence-electron chi connectivity index (χ3n) is 8.49. The molecule has 4 rings (SSSR count). The highest BCUT2D eigenvalue weighted by Crippen LogP contribution is 2.31. The number of halogens is 2. The third kappa shape index (κ3) is 8.74. The molecule has 1 fully saturated rings. The van der Waals surface area contributed by atoms with Crippen molar-refractivity contribution in [2.75, 3.05) is 51.6 Å². The number of nitrogens with two attached hydrogens (primary N) is 1. The van der Waals surface area contributed by atoms with Gasteiger partial charge >= 0.3 is 0 Å². The highest BCUT2D eigenvalue weighted by Gasteiger charge is 2.20. The standard InChI is InChI=1S/C34H45F2N3O2/c1-24-21-33(25(2)26(3)34(24)37)41-23-31(40)22-39-19-17-38(18-20-39)16-6-4-5-7-32(27-8-12-29(35)13-9-27)28-10-14-30(36)15-11-28/h8-15,21,31-32,40H,4-7,16-20,22-23,37H2,1-3H3. The molecule has 0 aromatic heterocycles. The summed E-state index contributed by atoms with van der Waals surface area (Å²) in [4.78, 5) is 4.81. The van der Waals surface area contributed by atoms with E-state index in [1.807, 2.05) is 51.1 Å². The predicted octanol–water partition coefficient (Wildman–Crippen LogP) is 6.22. The van der Waals surface area contributed by atoms with Gasteiger partial charge in [-0.2, -0.15) is 0 Å². The molecular formula is C34H45F2N3O2. The number of nitrogen functional groups attached to an aromatic ring is 1. The van der Waals surface area contributed by atoms with Gasteiger partial charge in [0, 0.05) is 44.3 Å². The molecule has 0 radical (unpaired) electrons. The maximum absolute atomic E-state index is 13.5. The molecule has 1 atom stereocenters. The van der Waals surface area contributed by atoms with Crippen molar-refractivity contribution in [3.05, 3.63) is 94.0 Å². The number of hydrogen-bond acceptors (Lipinski definition) is 5. The van der Waals surface area contributed by atoms with Crippen LogP contribution in [0.3, 0.4) is 0 Å². The SMILES string of the molecule is Cc1cc(OCC(O)CN2CCN(CCCCCC(c3ccc(F)cc3)c3ccc(F)cc3)CC2)c(C)c(C)c1N. The van der Waals surface area contributed by atoms with Gasteiger partial charge in [-0.3, -0.25) is 4.90 Å². The molecule has 1 aliphatic rings. The Labute approximate surface area is 243 Å². The molecular weight excluding hydrogens is 520 g/mol. The number of aryl methyl sites for hydroxylation is 1. The number of piperazine rings is 1. The number of hydrogen-bond donors (Lipinski definition) is 2. The Hall–Kier alpha value is -3.00. The normalized spacial score (nSPS) is 15.4. The molecule has 5 nitrogen and oxygen atoms in total. The molecule has 1 unspecified atom stereocenters. The molecule has 222 valence electrons. The molecule has 1 heterocycles. The van der Waals surface area contributed by atoms with Gasteiger partial charge in [-0.05, 0) is 98.3 Å². The molecule has 0 aliphatic carbocycles. The van der Waals surface area contributed by atoms with Gasteiger partial charge in [0.2, 0.25) is 0 Å². The monoisotopic (exact) mass is 565 g/mol. The van der Waals surface area contributed by atoms with E-state index in [1.54, 1.807) is 0 Å². The van der Waals surface area contributed by atoms with Gasteiger partial charge in [0.05, 0.1) is 0 Å². The number of aliphatic hydroxyl groups is 1. The smallest absolute Gasteiger partial charge is 0.123 e. The van der Waals surface area contributed by atoms with Crippen LogP contribution in [0.2, 0.25) is 0 Å². The van der Waals surface area contributed by atoms with E-state index < -0.39 is 6.10 Å². The number of unbranched alkanes of at least 4 members (excludes halogenated alkanes) is 2. The summed E-state index contributed by atoms with van der Waals surface area (Å²) in [6.07, 6.45) is 3.68. The predicted molar refractivity (Wildman–Crippen MR) is 163 cm³/mol. The van der Waals surface area contributed by atoms with Gasteiger partial charge < -0.3 is 20.5 Å². The lowest BCUT2D eigenvalue weighted by Crippen LogP contribution is -2.49. The van der Waals surface area contributed by atoms with E-state index in [1.165, 1.54) is 24.3 Å². The number of anilines is 1. The average Bonchev–Trinajstić information content (AvgIpc) is 2.97. The summed E-state index contributed by atoms with van der Waals surface area (Å²) >= 11 is 0. The molecule has 0 amide bonds. The van der Waals surface area contributed by atoms with Crippen molar-refractivity contribution in [1.29, 1.82) is 0 Å². The number of benzene rings is 3. The lowest BCUT2D eigenvalue weighted by Gasteiger charge is -2.35. The Morgan fingerprint density at radius 3 is 1.95 bits per heavy atom. The molecule has 3 aromatic rings. The Morgan fingerprint density at radius 2 is 1.37 bits per heavy atom. The number of rotatable bonds is 13. The molecule has 3 N–H and O–H groups in total. The van der Waals surface area contributed by atoms with Gasteiger partial charge in [0.25, 0.3) is 0 Å². The van der Waals surface area contributed by atoms with E-state index in [9.17, 15) is 13.9 Å². The van der Waals surface area contributed by atoms with Gasteiger partial charge in [0.1, 0.15) is 30.1 Å². The first-order chi connectivity index (χ1) is 19.7. The summed E-state index contributed by atoms with van der Waals surface area (Å²) in [5, 5.41) is 10.6. The summed E-state index contributed by atoms with van der Waals surface area (Å²) in [5.74, 6) is 0.438. The van der Waals surface area contributed by atoms with Gasteiger partial charge in [-0.15, -0.1) is 0 Å². The fourth-order valence-electron chi connectivity index (χ4n) is 5.72. The van der Waals surface area contributed by atoms with Crippen molar-refractivity contribution in [2.45, 2.75) is 58.5 Å². The van der Waals surface area contributed by atoms with Gasteiger partial charge in [0.15, 0.2) is 0 Å². The van der Waals surface area contributed by atoms with Gasteiger partial charge in [-0.25, -0.2) is 8.78 Å². The minimum absolute atomic E-state index is 0.132. The molecule has 1 saturated heterocycles. The summed E-state index contributed by atoms with van der Waals surface area (Å²) in [6, 6.07) is 15.3. The van der Waals surface area contributed by atoms with E-state index in [-0.39, 0.29) is 24.2 Å². The molecule has 1 aliphatic heterocycles. The van der Waals surface area contributed by atoms with Crippen LogP contribution in [0, 0.1) is 32.4 Å². The Kier molecular flexibility index (Phi) is 11.1. The third-order valence-corrected chi connectivity index (χ3v) is 8.49. The second-order valence-electron chi connectivity index (χ2n) is 11.5. The fourth-order valence-corrected chi connectivity index (χ4v) is 5.72. The van der Waals surface area contributed by atoms with E-state index in [4.69, 9.17) is 10.5 Å². The zero-order valence-electron chi connectivity index (χ0n) is 24.7. The summed E-state index contributed by atoms with van der Waals surface area (Å²) in [6.45, 7) is 11.8. The Balaban J connectivity index is 1.15. The van der Waals surface area contributed by atoms with Crippen LogP contribution >= 0.6 is 0 Å². The maximum Gasteiger partial charge on any atom is 0.123 e. The molecule has 0 spiro atoms. The first-order valence-corrected chi connectivity index (χ1v) is 14.8. The minimum atomic E-state index is -0.547. The molecule has 0 bridgehead atoms. The van der Waals surface area contributed by atoms with Crippen LogP contribution in [0.25, 0.3) is 0 Å². The van der Waals surface area contributed by atoms with E-state index in [2.05, 4.69) is 9.80 Å². The highest BCUT2D eigenvalue weighted by molar-refractivity contribution is 5.60. The molecule has 0 saturated carbocycles. The highest BCUT2D eigenvalue weighted by atomic mass is 19.1. The van der Waals surface area contributed by atoms with Crippen molar-refractivity contribution in [3.63, 3.8) is 0 Å². The van der Waals surface area contributed by atoms with Gasteiger partial charge in [-0.1, -0.05) is 37.1 Å². The van der Waals surface area contributed by atoms with Crippen LogP contribution in [0.15, 0.2) is 54.6 Å². The van der Waals surface area contributed by atoms with Crippen molar-refractivity contribution < 1.29 is 18.6 Å². The zero-order valence-corrected chi connectivity index (χ0v) is 24.7. The quantitative estimate of drug-likeness (QED) is 0.190. The van der Waals surface area contributed by atoms with Crippen molar-refractivity contribution in [2.24, 2.45) is 0 Å². The van der Waals surface area contributed by atoms with Crippen molar-refractivity contribution >= 4 is 5.69 Å². The number of nitrogens with zero attached hydrogens (tertiary/aromatic N) is 2. The van der Waals surface area contributed by atoms with Crippen LogP contribution in [0.1, 0.15) is 59.4 Å². The number of aliphatic hydroxyl groups excluding tert-OH is 1. The minimum Gasteiger partial charge on any atom is -0.491 e. The van der Waals surface area contributed by atoms with Crippen LogP contribution in [-0.4, -0.2) is 66.9 Å². The summed E-state index contributed by atoms with van der Waals surface area (Å²) < 4.78 is 32.9. The van der Waals surface area contributed by atoms with Crippen LogP contribution < -0.4 is 10.5 Å². The maximum atomic E-state index is 13.5. The van der Waals surface area contributed by atoms with E-state index in [0.717, 1.165) is 97.7 Å². The Bertz CT molecular complexity index is 1200. The van der Waals surface area contributed by atoms with Crippen LogP contribution in [-0.2, 0) is 0 Å². The number of ether oxygens (including phenoxy) is 1. The van der Waals surface area contributed by atoms with Crippen molar-refractivity contribution in [3.8, 4) is 5.75 Å². The fraction of sp³-hybridized carbons (Fsp3) is 0.471. The van der Waals surface area contributed by atoms with Crippen LogP contribution in [0.5, 0.6) is 5.75 Å². The lowest BCUT2D eigenvalue weighted by atomic mass is 9.87. The Morgan fingerprint density at radius 1 is 0.805 bits per heavy atom. The lowest BCUT2D eigenvalue weighted by molar-refractivity contribution is 0.0456. The topological polar surface area (TPSA) is 62.0 Å². The van der Waals surface area contributed by atoms with Crippen LogP contribution in [0.4, 0.5) is 14.5 Å². The second-order valence-corrected chi connectivity index (χ2v) is 11.5. The zero-order chi connectivity index (χ0) is 29.4. The second kappa shape index (κ2) is 14.8. The molecule has 41 heavy (non-hydrogen) atoms. The summed E-state index contributed by atoms with van der Waals surface area (Å²) in [5.41, 5.74) is 12.1. The van der Waals surface area contributed by atoms with Crippen molar-refractivity contribution in [1.82, 2.24) is 9.80 Å². The molecule has 7 heteroatoms. The number of β-amino-alcohol motifs (C(OH)–C–C–N with tert-alkyl or cyclic N) is 1. The largest absolute Gasteiger partial charge is 0.491 e. The first-order valence-electron chi connectivity index (χ1n) is 14.8. The van der Waals surface area contributed by atoms with E-state index in [0.29, 0.717) is 6.54 Å². The first kappa shape index (κ1) is 30.9. The average molecular weight is 566 g/mol. The summed E-state index contributed by atoms with van der Waals surface area (Å²) in [7, 11) is 0.